The molecule has 3 aromatic rings. The third kappa shape index (κ3) is 6.95. The fraction of sp³-hybridized carbons (Fsp3) is 0.310. The van der Waals surface area contributed by atoms with Crippen molar-refractivity contribution >= 4 is 29.2 Å². The van der Waals surface area contributed by atoms with Gasteiger partial charge in [-0.1, -0.05) is 45.0 Å². The maximum atomic E-state index is 12.2. The lowest BCUT2D eigenvalue weighted by Crippen LogP contribution is -2.35. The first kappa shape index (κ1) is 26.8. The van der Waals surface area contributed by atoms with Crippen molar-refractivity contribution in [2.75, 3.05) is 25.1 Å². The molecular formula is C29H34N6O3. The number of carbonyl (C=O) groups is 1. The summed E-state index contributed by atoms with van der Waals surface area (Å²) < 4.78 is 11.4. The standard InChI is InChI=1S/C29H34N6O3/c1-29(2,3)18-32-26(36)17-38-23-6-4-5-20(13-23)27-34-25-11-12-37-16-24(25)28(35-27)33-22-9-7-19(8-10-22)21(14-30)15-31/h4-10,13-15,30H,11-12,16-18,31H2,1-3H3,(H,32,36)(H,33,34,35)/b21-15+,30-14?. The van der Waals surface area contributed by atoms with Crippen LogP contribution in [0.5, 0.6) is 5.75 Å². The topological polar surface area (TPSA) is 135 Å². The zero-order valence-corrected chi connectivity index (χ0v) is 22.0. The van der Waals surface area contributed by atoms with Gasteiger partial charge in [-0.05, 0) is 35.2 Å². The maximum Gasteiger partial charge on any atom is 0.257 e. The number of carbonyl (C=O) groups excluding carboxylic acids is 1. The van der Waals surface area contributed by atoms with Crippen LogP contribution in [0.4, 0.5) is 11.5 Å². The Kier molecular flexibility index (Phi) is 8.38. The number of amides is 1. The number of anilines is 2. The molecule has 0 fully saturated rings. The van der Waals surface area contributed by atoms with E-state index in [1.165, 1.54) is 12.4 Å². The molecule has 1 aliphatic rings. The zero-order chi connectivity index (χ0) is 27.1. The lowest BCUT2D eigenvalue weighted by atomic mass is 9.97. The van der Waals surface area contributed by atoms with Gasteiger partial charge in [-0.25, -0.2) is 9.97 Å². The van der Waals surface area contributed by atoms with Crippen LogP contribution in [0, 0.1) is 10.8 Å². The minimum absolute atomic E-state index is 0.00317. The molecule has 9 heteroatoms. The summed E-state index contributed by atoms with van der Waals surface area (Å²) in [7, 11) is 0. The number of nitrogens with one attached hydrogen (secondary N) is 3. The number of hydrogen-bond donors (Lipinski definition) is 4. The van der Waals surface area contributed by atoms with E-state index in [0.29, 0.717) is 49.1 Å². The minimum atomic E-state index is -0.164. The first-order chi connectivity index (χ1) is 18.3. The molecule has 1 amide bonds. The van der Waals surface area contributed by atoms with Crippen LogP contribution in [0.15, 0.2) is 54.7 Å². The van der Waals surface area contributed by atoms with E-state index in [-0.39, 0.29) is 17.9 Å². The maximum absolute atomic E-state index is 12.2. The van der Waals surface area contributed by atoms with Crippen LogP contribution in [0.25, 0.3) is 17.0 Å². The Balaban J connectivity index is 1.55. The van der Waals surface area contributed by atoms with Gasteiger partial charge in [-0.2, -0.15) is 0 Å². The molecule has 9 nitrogen and oxygen atoms in total. The summed E-state index contributed by atoms with van der Waals surface area (Å²) in [5.41, 5.74) is 10.6. The number of aromatic nitrogens is 2. The first-order valence-corrected chi connectivity index (χ1v) is 12.5. The normalized spacial score (nSPS) is 13.4. The molecule has 198 valence electrons. The SMILES string of the molecule is CC(C)(C)CNC(=O)COc1cccc(-c2nc3c(c(Nc4ccc(/C(C=N)=C/N)cc4)n2)COCC3)c1. The second-order valence-electron chi connectivity index (χ2n) is 10.2. The largest absolute Gasteiger partial charge is 0.484 e. The van der Waals surface area contributed by atoms with E-state index in [9.17, 15) is 4.79 Å². The third-order valence-electron chi connectivity index (χ3n) is 5.92. The van der Waals surface area contributed by atoms with Gasteiger partial charge in [0.15, 0.2) is 12.4 Å². The lowest BCUT2D eigenvalue weighted by molar-refractivity contribution is -0.123. The van der Waals surface area contributed by atoms with E-state index in [4.69, 9.17) is 30.6 Å². The Morgan fingerprint density at radius 1 is 1.18 bits per heavy atom. The summed E-state index contributed by atoms with van der Waals surface area (Å²) >= 11 is 0. The second-order valence-corrected chi connectivity index (χ2v) is 10.2. The Morgan fingerprint density at radius 2 is 1.97 bits per heavy atom. The summed E-state index contributed by atoms with van der Waals surface area (Å²) in [5, 5.41) is 13.8. The van der Waals surface area contributed by atoms with Crippen LogP contribution in [0.3, 0.4) is 0 Å². The molecule has 0 unspecified atom stereocenters. The molecule has 2 heterocycles. The van der Waals surface area contributed by atoms with Crippen molar-refractivity contribution in [1.82, 2.24) is 15.3 Å². The molecule has 5 N–H and O–H groups in total. The number of nitrogens with two attached hydrogens (primary N) is 1. The lowest BCUT2D eigenvalue weighted by Gasteiger charge is -2.20. The van der Waals surface area contributed by atoms with E-state index in [1.54, 1.807) is 0 Å². The number of ether oxygens (including phenoxy) is 2. The van der Waals surface area contributed by atoms with E-state index >= 15 is 0 Å². The summed E-state index contributed by atoms with van der Waals surface area (Å²) in [6.07, 6.45) is 3.33. The van der Waals surface area contributed by atoms with Crippen molar-refractivity contribution in [3.63, 3.8) is 0 Å². The van der Waals surface area contributed by atoms with Gasteiger partial charge in [0.05, 0.1) is 18.9 Å². The van der Waals surface area contributed by atoms with Crippen molar-refractivity contribution in [2.24, 2.45) is 11.1 Å². The van der Waals surface area contributed by atoms with Crippen molar-refractivity contribution < 1.29 is 14.3 Å². The van der Waals surface area contributed by atoms with E-state index < -0.39 is 0 Å². The van der Waals surface area contributed by atoms with E-state index in [2.05, 4.69) is 31.4 Å². The molecule has 1 aliphatic heterocycles. The monoisotopic (exact) mass is 514 g/mol. The van der Waals surface area contributed by atoms with Gasteiger partial charge in [0.1, 0.15) is 11.6 Å². The molecule has 0 bridgehead atoms. The molecule has 0 saturated heterocycles. The first-order valence-electron chi connectivity index (χ1n) is 12.5. The van der Waals surface area contributed by atoms with Crippen molar-refractivity contribution in [3.8, 4) is 17.1 Å². The molecule has 1 aromatic heterocycles. The predicted octanol–water partition coefficient (Wildman–Crippen LogP) is 4.45. The highest BCUT2D eigenvalue weighted by molar-refractivity contribution is 6.08. The van der Waals surface area contributed by atoms with Crippen molar-refractivity contribution in [3.05, 3.63) is 71.6 Å². The van der Waals surface area contributed by atoms with Crippen LogP contribution in [-0.2, 0) is 22.6 Å². The molecule has 0 saturated carbocycles. The van der Waals surface area contributed by atoms with E-state index in [1.807, 2.05) is 48.5 Å². The average molecular weight is 515 g/mol. The number of rotatable bonds is 9. The highest BCUT2D eigenvalue weighted by Crippen LogP contribution is 2.30. The van der Waals surface area contributed by atoms with Gasteiger partial charge in [0.25, 0.3) is 5.91 Å². The summed E-state index contributed by atoms with van der Waals surface area (Å²) in [6, 6.07) is 15.1. The zero-order valence-electron chi connectivity index (χ0n) is 22.0. The quantitative estimate of drug-likeness (QED) is 0.310. The number of benzene rings is 2. The van der Waals surface area contributed by atoms with E-state index in [0.717, 1.165) is 28.1 Å². The Bertz CT molecular complexity index is 1330. The van der Waals surface area contributed by atoms with Gasteiger partial charge in [-0.15, -0.1) is 0 Å². The number of nitrogens with zero attached hydrogens (tertiary/aromatic N) is 2. The number of fused-ring (bicyclic) bond motifs is 1. The van der Waals surface area contributed by atoms with Crippen LogP contribution in [0.1, 0.15) is 37.6 Å². The molecule has 0 radical (unpaired) electrons. The van der Waals surface area contributed by atoms with Gasteiger partial charge in [0, 0.05) is 47.8 Å². The summed E-state index contributed by atoms with van der Waals surface area (Å²) in [6.45, 7) is 7.73. The molecule has 38 heavy (non-hydrogen) atoms. The minimum Gasteiger partial charge on any atom is -0.484 e. The molecular weight excluding hydrogens is 480 g/mol. The Morgan fingerprint density at radius 3 is 2.68 bits per heavy atom. The molecule has 0 atom stereocenters. The third-order valence-corrected chi connectivity index (χ3v) is 5.92. The van der Waals surface area contributed by atoms with Gasteiger partial charge in [0.2, 0.25) is 0 Å². The second kappa shape index (κ2) is 11.9. The smallest absolute Gasteiger partial charge is 0.257 e. The van der Waals surface area contributed by atoms with Gasteiger partial charge < -0.3 is 31.3 Å². The highest BCUT2D eigenvalue weighted by atomic mass is 16.5. The fourth-order valence-corrected chi connectivity index (χ4v) is 3.86. The average Bonchev–Trinajstić information content (AvgIpc) is 2.92. The van der Waals surface area contributed by atoms with Gasteiger partial charge >= 0.3 is 0 Å². The Hall–Kier alpha value is -4.24. The van der Waals surface area contributed by atoms with Crippen LogP contribution >= 0.6 is 0 Å². The molecule has 4 rings (SSSR count). The Labute approximate surface area is 223 Å². The number of hydrogen-bond acceptors (Lipinski definition) is 8. The van der Waals surface area contributed by atoms with Crippen molar-refractivity contribution in [1.29, 1.82) is 5.41 Å². The molecule has 0 spiro atoms. The fourth-order valence-electron chi connectivity index (χ4n) is 3.86. The molecule has 2 aromatic carbocycles. The summed E-state index contributed by atoms with van der Waals surface area (Å²) in [5.74, 6) is 1.64. The van der Waals surface area contributed by atoms with Crippen LogP contribution in [-0.4, -0.2) is 41.8 Å². The number of allylic oxidation sites excluding steroid dienone is 1. The highest BCUT2D eigenvalue weighted by Gasteiger charge is 2.20. The van der Waals surface area contributed by atoms with Gasteiger partial charge in [-0.3, -0.25) is 4.79 Å². The molecule has 0 aliphatic carbocycles. The predicted molar refractivity (Wildman–Crippen MR) is 149 cm³/mol. The summed E-state index contributed by atoms with van der Waals surface area (Å²) in [4.78, 5) is 21.8. The van der Waals surface area contributed by atoms with Crippen LogP contribution < -0.4 is 21.1 Å². The van der Waals surface area contributed by atoms with Crippen LogP contribution in [0.2, 0.25) is 0 Å². The van der Waals surface area contributed by atoms with Crippen molar-refractivity contribution in [2.45, 2.75) is 33.8 Å².